The lowest BCUT2D eigenvalue weighted by molar-refractivity contribution is -0.137. The van der Waals surface area contributed by atoms with E-state index in [9.17, 15) is 13.2 Å². The topological polar surface area (TPSA) is 15.3 Å². The molecule has 21 heavy (non-hydrogen) atoms. The number of alkyl halides is 3. The smallest absolute Gasteiger partial charge is 0.383 e. The van der Waals surface area contributed by atoms with E-state index in [-0.39, 0.29) is 11.2 Å². The quantitative estimate of drug-likeness (QED) is 0.828. The normalized spacial score (nSPS) is 18.2. The molecule has 0 unspecified atom stereocenters. The maximum atomic E-state index is 13.1. The monoisotopic (exact) mass is 364 g/mol. The summed E-state index contributed by atoms with van der Waals surface area (Å²) in [5.74, 6) is 0. The molecule has 0 saturated heterocycles. The number of rotatable bonds is 4. The predicted octanol–water partition coefficient (Wildman–Crippen LogP) is 4.75. The Bertz CT molecular complexity index is 494. The molecule has 2 nitrogen and oxygen atoms in total. The Hall–Kier alpha value is -0.750. The molecule has 0 radical (unpaired) electrons. The average molecular weight is 365 g/mol. The zero-order chi connectivity index (χ0) is 15.7. The van der Waals surface area contributed by atoms with Gasteiger partial charge >= 0.3 is 6.18 Å². The van der Waals surface area contributed by atoms with Gasteiger partial charge in [0.15, 0.2) is 0 Å². The Morgan fingerprint density at radius 1 is 1.24 bits per heavy atom. The summed E-state index contributed by atoms with van der Waals surface area (Å²) in [5.41, 5.74) is -0.516. The minimum Gasteiger partial charge on any atom is -0.383 e. The van der Waals surface area contributed by atoms with Crippen molar-refractivity contribution in [2.45, 2.75) is 37.4 Å². The summed E-state index contributed by atoms with van der Waals surface area (Å²) >= 11 is 3.10. The first-order valence-corrected chi connectivity index (χ1v) is 7.82. The molecule has 1 saturated carbocycles. The molecule has 118 valence electrons. The second kappa shape index (κ2) is 6.16. The van der Waals surface area contributed by atoms with Crippen molar-refractivity contribution in [1.82, 2.24) is 4.90 Å². The highest BCUT2D eigenvalue weighted by Gasteiger charge is 2.37. The van der Waals surface area contributed by atoms with E-state index in [1.165, 1.54) is 6.07 Å². The first-order valence-electron chi connectivity index (χ1n) is 7.03. The largest absolute Gasteiger partial charge is 0.418 e. The predicted molar refractivity (Wildman–Crippen MR) is 82.5 cm³/mol. The lowest BCUT2D eigenvalue weighted by Crippen LogP contribution is -2.47. The van der Waals surface area contributed by atoms with Crippen molar-refractivity contribution < 1.29 is 13.2 Å². The fourth-order valence-electron chi connectivity index (χ4n) is 2.98. The summed E-state index contributed by atoms with van der Waals surface area (Å²) in [6, 6.07) is 4.25. The highest BCUT2D eigenvalue weighted by atomic mass is 79.9. The number of anilines is 1. The minimum atomic E-state index is -4.35. The summed E-state index contributed by atoms with van der Waals surface area (Å²) in [4.78, 5) is 2.14. The molecule has 0 aromatic heterocycles. The van der Waals surface area contributed by atoms with Gasteiger partial charge in [-0.2, -0.15) is 13.2 Å². The van der Waals surface area contributed by atoms with E-state index in [0.717, 1.165) is 31.7 Å². The Kier molecular flexibility index (Phi) is 4.88. The molecular weight excluding hydrogens is 345 g/mol. The lowest BCUT2D eigenvalue weighted by Gasteiger charge is -2.37. The van der Waals surface area contributed by atoms with Crippen LogP contribution in [0.1, 0.15) is 31.2 Å². The molecule has 1 aromatic carbocycles. The lowest BCUT2D eigenvalue weighted by atomic mass is 9.95. The molecule has 0 bridgehead atoms. The molecule has 0 heterocycles. The van der Waals surface area contributed by atoms with Crippen molar-refractivity contribution in [2.24, 2.45) is 0 Å². The Labute approximate surface area is 131 Å². The maximum absolute atomic E-state index is 13.1. The van der Waals surface area contributed by atoms with Crippen LogP contribution in [-0.4, -0.2) is 31.1 Å². The summed E-state index contributed by atoms with van der Waals surface area (Å²) in [6.07, 6.45) is -0.0541. The summed E-state index contributed by atoms with van der Waals surface area (Å²) in [7, 11) is 4.00. The van der Waals surface area contributed by atoms with Gasteiger partial charge in [-0.3, -0.25) is 0 Å². The van der Waals surface area contributed by atoms with Crippen LogP contribution in [0.25, 0.3) is 0 Å². The van der Waals surface area contributed by atoms with Gasteiger partial charge in [-0.05, 0) is 45.1 Å². The summed E-state index contributed by atoms with van der Waals surface area (Å²) in [5, 5.41) is 3.03. The highest BCUT2D eigenvalue weighted by molar-refractivity contribution is 9.10. The second-order valence-corrected chi connectivity index (χ2v) is 6.78. The molecule has 0 atom stereocenters. The van der Waals surface area contributed by atoms with Crippen LogP contribution < -0.4 is 5.32 Å². The molecule has 0 amide bonds. The molecule has 1 aromatic rings. The van der Waals surface area contributed by atoms with Gasteiger partial charge in [0.1, 0.15) is 0 Å². The van der Waals surface area contributed by atoms with Gasteiger partial charge in [0.05, 0.1) is 5.56 Å². The van der Waals surface area contributed by atoms with Gasteiger partial charge in [0.25, 0.3) is 0 Å². The highest BCUT2D eigenvalue weighted by Crippen LogP contribution is 2.38. The average Bonchev–Trinajstić information content (AvgIpc) is 2.86. The van der Waals surface area contributed by atoms with Crippen LogP contribution in [0.2, 0.25) is 0 Å². The van der Waals surface area contributed by atoms with Crippen molar-refractivity contribution in [3.63, 3.8) is 0 Å². The van der Waals surface area contributed by atoms with Gasteiger partial charge in [-0.1, -0.05) is 28.8 Å². The van der Waals surface area contributed by atoms with Crippen LogP contribution in [0.15, 0.2) is 22.7 Å². The van der Waals surface area contributed by atoms with Crippen LogP contribution in [0, 0.1) is 0 Å². The third-order valence-electron chi connectivity index (χ3n) is 4.38. The summed E-state index contributed by atoms with van der Waals surface area (Å²) < 4.78 is 39.8. The van der Waals surface area contributed by atoms with E-state index < -0.39 is 11.7 Å². The number of nitrogens with zero attached hydrogens (tertiary/aromatic N) is 1. The Balaban J connectivity index is 2.20. The first-order chi connectivity index (χ1) is 9.74. The maximum Gasteiger partial charge on any atom is 0.418 e. The number of nitrogens with one attached hydrogen (secondary N) is 1. The minimum absolute atomic E-state index is 0.0457. The molecule has 1 aliphatic rings. The molecular formula is C15H20BrF3N2. The molecule has 1 aliphatic carbocycles. The SMILES string of the molecule is CN(C)C1(CNc2ccc(Br)cc2C(F)(F)F)CCCC1. The number of hydrogen-bond acceptors (Lipinski definition) is 2. The van der Waals surface area contributed by atoms with E-state index in [1.807, 2.05) is 14.1 Å². The van der Waals surface area contributed by atoms with E-state index >= 15 is 0 Å². The second-order valence-electron chi connectivity index (χ2n) is 5.87. The fourth-order valence-corrected chi connectivity index (χ4v) is 3.34. The number of hydrogen-bond donors (Lipinski definition) is 1. The fraction of sp³-hybridized carbons (Fsp3) is 0.600. The van der Waals surface area contributed by atoms with Crippen molar-refractivity contribution in [1.29, 1.82) is 0 Å². The molecule has 1 N–H and O–H groups in total. The van der Waals surface area contributed by atoms with E-state index in [2.05, 4.69) is 26.1 Å². The zero-order valence-corrected chi connectivity index (χ0v) is 13.8. The van der Waals surface area contributed by atoms with Crippen LogP contribution in [-0.2, 0) is 6.18 Å². The third kappa shape index (κ3) is 3.72. The van der Waals surface area contributed by atoms with E-state index in [4.69, 9.17) is 0 Å². The third-order valence-corrected chi connectivity index (χ3v) is 4.87. The van der Waals surface area contributed by atoms with Gasteiger partial charge in [0.2, 0.25) is 0 Å². The van der Waals surface area contributed by atoms with Crippen molar-refractivity contribution in [3.8, 4) is 0 Å². The van der Waals surface area contributed by atoms with Gasteiger partial charge in [-0.15, -0.1) is 0 Å². The van der Waals surface area contributed by atoms with Gasteiger partial charge < -0.3 is 10.2 Å². The van der Waals surface area contributed by atoms with Crippen LogP contribution >= 0.6 is 15.9 Å². The van der Waals surface area contributed by atoms with Crippen LogP contribution in [0.5, 0.6) is 0 Å². The van der Waals surface area contributed by atoms with Gasteiger partial charge in [0, 0.05) is 22.2 Å². The van der Waals surface area contributed by atoms with Crippen molar-refractivity contribution >= 4 is 21.6 Å². The molecule has 2 rings (SSSR count). The molecule has 1 fully saturated rings. The van der Waals surface area contributed by atoms with Gasteiger partial charge in [-0.25, -0.2) is 0 Å². The standard InChI is InChI=1S/C15H20BrF3N2/c1-21(2)14(7-3-4-8-14)10-20-13-6-5-11(16)9-12(13)15(17,18)19/h5-6,9,20H,3-4,7-8,10H2,1-2H3. The Morgan fingerprint density at radius 3 is 2.38 bits per heavy atom. The molecule has 6 heteroatoms. The van der Waals surface area contributed by atoms with E-state index in [1.54, 1.807) is 6.07 Å². The first kappa shape index (κ1) is 16.6. The van der Waals surface area contributed by atoms with Crippen LogP contribution in [0.3, 0.4) is 0 Å². The number of likely N-dealkylation sites (N-methyl/N-ethyl adjacent to an activating group) is 1. The summed E-state index contributed by atoms with van der Waals surface area (Å²) in [6.45, 7) is 0.532. The van der Waals surface area contributed by atoms with Crippen molar-refractivity contribution in [2.75, 3.05) is 26.0 Å². The molecule has 0 aliphatic heterocycles. The molecule has 0 spiro atoms. The number of halogens is 4. The zero-order valence-electron chi connectivity index (χ0n) is 12.2. The van der Waals surface area contributed by atoms with Crippen molar-refractivity contribution in [3.05, 3.63) is 28.2 Å². The van der Waals surface area contributed by atoms with E-state index in [0.29, 0.717) is 11.0 Å². The Morgan fingerprint density at radius 2 is 1.86 bits per heavy atom. The number of benzene rings is 1. The van der Waals surface area contributed by atoms with Crippen LogP contribution in [0.4, 0.5) is 18.9 Å².